The minimum atomic E-state index is -0.311. The predicted molar refractivity (Wildman–Crippen MR) is 72.5 cm³/mol. The fourth-order valence-corrected chi connectivity index (χ4v) is 1.70. The summed E-state index contributed by atoms with van der Waals surface area (Å²) in [7, 11) is 3.74. The molecule has 2 rings (SSSR count). The van der Waals surface area contributed by atoms with Gasteiger partial charge in [-0.25, -0.2) is 9.97 Å². The molecular weight excluding hydrogens is 244 g/mol. The number of furan rings is 1. The van der Waals surface area contributed by atoms with Gasteiger partial charge in [0.2, 0.25) is 0 Å². The van der Waals surface area contributed by atoms with Crippen LogP contribution in [0.15, 0.2) is 22.9 Å². The second-order valence-electron chi connectivity index (χ2n) is 4.48. The second kappa shape index (κ2) is 5.09. The maximum atomic E-state index is 12.1. The van der Waals surface area contributed by atoms with Crippen molar-refractivity contribution >= 4 is 17.5 Å². The Kier molecular flexibility index (Phi) is 3.50. The summed E-state index contributed by atoms with van der Waals surface area (Å²) in [6.45, 7) is 3.63. The molecule has 0 radical (unpaired) electrons. The molecule has 0 fully saturated rings. The Balaban J connectivity index is 2.19. The van der Waals surface area contributed by atoms with E-state index in [4.69, 9.17) is 4.42 Å². The van der Waals surface area contributed by atoms with E-state index in [1.807, 2.05) is 32.0 Å². The van der Waals surface area contributed by atoms with E-state index in [2.05, 4.69) is 15.3 Å². The summed E-state index contributed by atoms with van der Waals surface area (Å²) < 4.78 is 5.36. The normalized spacial score (nSPS) is 10.3. The molecule has 0 unspecified atom stereocenters. The predicted octanol–water partition coefficient (Wildman–Crippen LogP) is 2.00. The summed E-state index contributed by atoms with van der Waals surface area (Å²) in [5, 5.41) is 2.70. The van der Waals surface area contributed by atoms with Gasteiger partial charge in [0.1, 0.15) is 23.7 Å². The van der Waals surface area contributed by atoms with E-state index >= 15 is 0 Å². The van der Waals surface area contributed by atoms with Gasteiger partial charge in [-0.15, -0.1) is 0 Å². The standard InChI is InChI=1S/C13H16N4O2/c1-8-5-9(2)19-12(8)13(18)16-10-6-11(17(3)4)15-7-14-10/h5-7H,1-4H3,(H,14,15,16,18). The Bertz CT molecular complexity index is 604. The third-order valence-electron chi connectivity index (χ3n) is 2.60. The van der Waals surface area contributed by atoms with Crippen LogP contribution in [-0.2, 0) is 0 Å². The van der Waals surface area contributed by atoms with Gasteiger partial charge in [0, 0.05) is 25.7 Å². The number of anilines is 2. The van der Waals surface area contributed by atoms with E-state index in [0.717, 1.165) is 11.4 Å². The van der Waals surface area contributed by atoms with Crippen molar-refractivity contribution in [3.63, 3.8) is 0 Å². The van der Waals surface area contributed by atoms with E-state index in [1.165, 1.54) is 6.33 Å². The van der Waals surface area contributed by atoms with Crippen LogP contribution in [0.3, 0.4) is 0 Å². The molecule has 2 heterocycles. The molecule has 0 saturated heterocycles. The zero-order valence-electron chi connectivity index (χ0n) is 11.4. The molecule has 1 amide bonds. The third-order valence-corrected chi connectivity index (χ3v) is 2.60. The number of amides is 1. The van der Waals surface area contributed by atoms with Gasteiger partial charge in [0.15, 0.2) is 5.76 Å². The van der Waals surface area contributed by atoms with E-state index in [9.17, 15) is 4.79 Å². The van der Waals surface area contributed by atoms with E-state index in [0.29, 0.717) is 17.3 Å². The largest absolute Gasteiger partial charge is 0.456 e. The van der Waals surface area contributed by atoms with E-state index in [-0.39, 0.29) is 5.91 Å². The number of rotatable bonds is 3. The fourth-order valence-electron chi connectivity index (χ4n) is 1.70. The van der Waals surface area contributed by atoms with Crippen molar-refractivity contribution in [1.29, 1.82) is 0 Å². The summed E-state index contributed by atoms with van der Waals surface area (Å²) in [6.07, 6.45) is 1.41. The fraction of sp³-hybridized carbons (Fsp3) is 0.308. The molecule has 19 heavy (non-hydrogen) atoms. The van der Waals surface area contributed by atoms with Crippen LogP contribution in [0, 0.1) is 13.8 Å². The van der Waals surface area contributed by atoms with Gasteiger partial charge in [-0.05, 0) is 19.9 Å². The van der Waals surface area contributed by atoms with Crippen LogP contribution in [0.25, 0.3) is 0 Å². The third kappa shape index (κ3) is 2.90. The molecule has 2 aromatic heterocycles. The summed E-state index contributed by atoms with van der Waals surface area (Å²) >= 11 is 0. The second-order valence-corrected chi connectivity index (χ2v) is 4.48. The Hall–Kier alpha value is -2.37. The van der Waals surface area contributed by atoms with Crippen LogP contribution in [0.2, 0.25) is 0 Å². The molecule has 0 bridgehead atoms. The molecule has 0 aromatic carbocycles. The zero-order valence-corrected chi connectivity index (χ0v) is 11.4. The number of hydrogen-bond acceptors (Lipinski definition) is 5. The summed E-state index contributed by atoms with van der Waals surface area (Å²) in [5.74, 6) is 1.87. The van der Waals surface area contributed by atoms with Crippen molar-refractivity contribution in [3.05, 3.63) is 35.5 Å². The first-order chi connectivity index (χ1) is 8.97. The van der Waals surface area contributed by atoms with E-state index in [1.54, 1.807) is 13.0 Å². The zero-order chi connectivity index (χ0) is 14.0. The molecule has 1 N–H and O–H groups in total. The number of nitrogens with zero attached hydrogens (tertiary/aromatic N) is 3. The molecule has 6 heteroatoms. The first-order valence-electron chi connectivity index (χ1n) is 5.85. The Morgan fingerprint density at radius 1 is 1.26 bits per heavy atom. The Labute approximate surface area is 111 Å². The highest BCUT2D eigenvalue weighted by Crippen LogP contribution is 2.16. The topological polar surface area (TPSA) is 71.3 Å². The lowest BCUT2D eigenvalue weighted by Crippen LogP contribution is -2.15. The molecule has 0 spiro atoms. The highest BCUT2D eigenvalue weighted by atomic mass is 16.3. The lowest BCUT2D eigenvalue weighted by atomic mass is 10.2. The number of hydrogen-bond donors (Lipinski definition) is 1. The first kappa shape index (κ1) is 13.1. The van der Waals surface area contributed by atoms with Crippen molar-refractivity contribution in [2.24, 2.45) is 0 Å². The molecule has 0 atom stereocenters. The average Bonchev–Trinajstić information content (AvgIpc) is 2.69. The molecule has 0 aliphatic carbocycles. The molecule has 2 aromatic rings. The van der Waals surface area contributed by atoms with Gasteiger partial charge >= 0.3 is 0 Å². The maximum absolute atomic E-state index is 12.1. The molecule has 100 valence electrons. The van der Waals surface area contributed by atoms with Gasteiger partial charge in [-0.1, -0.05) is 0 Å². The summed E-state index contributed by atoms with van der Waals surface area (Å²) in [6, 6.07) is 3.52. The van der Waals surface area contributed by atoms with Crippen molar-refractivity contribution in [1.82, 2.24) is 9.97 Å². The first-order valence-corrected chi connectivity index (χ1v) is 5.85. The van der Waals surface area contributed by atoms with Gasteiger partial charge in [-0.2, -0.15) is 0 Å². The number of aromatic nitrogens is 2. The molecule has 0 aliphatic heterocycles. The number of carbonyl (C=O) groups excluding carboxylic acids is 1. The van der Waals surface area contributed by atoms with Gasteiger partial charge < -0.3 is 14.6 Å². The SMILES string of the molecule is Cc1cc(C)c(C(=O)Nc2cc(N(C)C)ncn2)o1. The monoisotopic (exact) mass is 260 g/mol. The minimum Gasteiger partial charge on any atom is -0.456 e. The van der Waals surface area contributed by atoms with Crippen LogP contribution >= 0.6 is 0 Å². The van der Waals surface area contributed by atoms with Gasteiger partial charge in [0.25, 0.3) is 5.91 Å². The van der Waals surface area contributed by atoms with Crippen LogP contribution < -0.4 is 10.2 Å². The average molecular weight is 260 g/mol. The molecular formula is C13H16N4O2. The molecule has 0 saturated carbocycles. The number of nitrogens with one attached hydrogen (secondary N) is 1. The van der Waals surface area contributed by atoms with Gasteiger partial charge in [0.05, 0.1) is 0 Å². The highest BCUT2D eigenvalue weighted by Gasteiger charge is 2.15. The number of aryl methyl sites for hydroxylation is 2. The lowest BCUT2D eigenvalue weighted by molar-refractivity contribution is 0.0994. The summed E-state index contributed by atoms with van der Waals surface area (Å²) in [4.78, 5) is 22.0. The van der Waals surface area contributed by atoms with Crippen LogP contribution in [0.4, 0.5) is 11.6 Å². The van der Waals surface area contributed by atoms with Crippen molar-refractivity contribution < 1.29 is 9.21 Å². The van der Waals surface area contributed by atoms with Gasteiger partial charge in [-0.3, -0.25) is 4.79 Å². The molecule has 0 aliphatic rings. The maximum Gasteiger partial charge on any atom is 0.292 e. The highest BCUT2D eigenvalue weighted by molar-refractivity contribution is 6.02. The van der Waals surface area contributed by atoms with Crippen molar-refractivity contribution in [3.8, 4) is 0 Å². The van der Waals surface area contributed by atoms with E-state index < -0.39 is 0 Å². The number of carbonyl (C=O) groups is 1. The molecule has 6 nitrogen and oxygen atoms in total. The van der Waals surface area contributed by atoms with Crippen LogP contribution in [-0.4, -0.2) is 30.0 Å². The Morgan fingerprint density at radius 3 is 2.58 bits per heavy atom. The summed E-state index contributed by atoms with van der Waals surface area (Å²) in [5.41, 5.74) is 0.803. The van der Waals surface area contributed by atoms with Crippen LogP contribution in [0.1, 0.15) is 21.9 Å². The lowest BCUT2D eigenvalue weighted by Gasteiger charge is -2.11. The Morgan fingerprint density at radius 2 is 2.00 bits per heavy atom. The quantitative estimate of drug-likeness (QED) is 0.914. The van der Waals surface area contributed by atoms with Crippen LogP contribution in [0.5, 0.6) is 0 Å². The van der Waals surface area contributed by atoms with Crippen molar-refractivity contribution in [2.45, 2.75) is 13.8 Å². The van der Waals surface area contributed by atoms with Crippen molar-refractivity contribution in [2.75, 3.05) is 24.3 Å². The smallest absolute Gasteiger partial charge is 0.292 e. The minimum absolute atomic E-state index is 0.308.